The van der Waals surface area contributed by atoms with Crippen molar-refractivity contribution in [2.75, 3.05) is 14.2 Å². The Bertz CT molecular complexity index is 649. The van der Waals surface area contributed by atoms with Crippen LogP contribution in [-0.4, -0.2) is 30.1 Å². The first-order valence-corrected chi connectivity index (χ1v) is 6.48. The minimum absolute atomic E-state index is 0.157. The Hall–Kier alpha value is -2.34. The number of carbonyl (C=O) groups is 1. The van der Waals surface area contributed by atoms with E-state index >= 15 is 0 Å². The summed E-state index contributed by atoms with van der Waals surface area (Å²) < 4.78 is 10.4. The number of methoxy groups -OCH3 is 2. The van der Waals surface area contributed by atoms with Crippen LogP contribution >= 0.6 is 11.6 Å². The van der Waals surface area contributed by atoms with Crippen molar-refractivity contribution in [1.29, 1.82) is 0 Å². The average Bonchev–Trinajstić information content (AvgIpc) is 2.52. The monoisotopic (exact) mass is 307 g/mol. The number of halogens is 1. The molecule has 6 nitrogen and oxygen atoms in total. The second kappa shape index (κ2) is 6.90. The Morgan fingerprint density at radius 3 is 2.76 bits per heavy atom. The van der Waals surface area contributed by atoms with E-state index in [0.717, 1.165) is 5.56 Å². The molecular formula is C14H14ClN3O3. The summed E-state index contributed by atoms with van der Waals surface area (Å²) in [5.74, 6) is 0.978. The molecule has 21 heavy (non-hydrogen) atoms. The molecule has 0 saturated heterocycles. The van der Waals surface area contributed by atoms with Crippen LogP contribution in [-0.2, 0) is 6.54 Å². The number of ether oxygens (including phenoxy) is 2. The van der Waals surface area contributed by atoms with Crippen LogP contribution in [0.1, 0.15) is 16.1 Å². The van der Waals surface area contributed by atoms with Gasteiger partial charge in [-0.2, -0.15) is 0 Å². The van der Waals surface area contributed by atoms with E-state index in [0.29, 0.717) is 11.5 Å². The number of nitrogens with zero attached hydrogens (tertiary/aromatic N) is 2. The van der Waals surface area contributed by atoms with Crippen LogP contribution in [0.4, 0.5) is 0 Å². The van der Waals surface area contributed by atoms with E-state index < -0.39 is 0 Å². The van der Waals surface area contributed by atoms with Gasteiger partial charge in [0.15, 0.2) is 0 Å². The lowest BCUT2D eigenvalue weighted by atomic mass is 10.2. The zero-order valence-corrected chi connectivity index (χ0v) is 12.3. The van der Waals surface area contributed by atoms with Gasteiger partial charge in [-0.3, -0.25) is 9.78 Å². The van der Waals surface area contributed by atoms with Gasteiger partial charge in [-0.1, -0.05) is 11.6 Å². The predicted octanol–water partition coefficient (Wildman–Crippen LogP) is 2.08. The Kier molecular flexibility index (Phi) is 4.94. The minimum atomic E-state index is -0.366. The normalized spacial score (nSPS) is 10.0. The van der Waals surface area contributed by atoms with Crippen molar-refractivity contribution in [3.05, 3.63) is 47.0 Å². The third kappa shape index (κ3) is 3.82. The fourth-order valence-electron chi connectivity index (χ4n) is 1.74. The highest BCUT2D eigenvalue weighted by Crippen LogP contribution is 2.23. The fraction of sp³-hybridized carbons (Fsp3) is 0.214. The van der Waals surface area contributed by atoms with Crippen molar-refractivity contribution in [2.24, 2.45) is 0 Å². The number of nitrogens with one attached hydrogen (secondary N) is 1. The van der Waals surface area contributed by atoms with Crippen LogP contribution < -0.4 is 14.8 Å². The molecule has 110 valence electrons. The predicted molar refractivity (Wildman–Crippen MR) is 77.8 cm³/mol. The molecule has 2 aromatic rings. The van der Waals surface area contributed by atoms with Gasteiger partial charge in [0.1, 0.15) is 22.3 Å². The molecule has 0 aliphatic heterocycles. The number of hydrogen-bond acceptors (Lipinski definition) is 5. The van der Waals surface area contributed by atoms with Gasteiger partial charge in [0.05, 0.1) is 26.6 Å². The smallest absolute Gasteiger partial charge is 0.271 e. The Labute approximate surface area is 127 Å². The van der Waals surface area contributed by atoms with Crippen LogP contribution in [0.25, 0.3) is 0 Å². The number of carbonyl (C=O) groups excluding carboxylic acids is 1. The second-order valence-electron chi connectivity index (χ2n) is 4.09. The molecule has 2 rings (SSSR count). The largest absolute Gasteiger partial charge is 0.497 e. The maximum atomic E-state index is 12.0. The summed E-state index contributed by atoms with van der Waals surface area (Å²) in [6.45, 7) is 0.271. The van der Waals surface area contributed by atoms with E-state index in [-0.39, 0.29) is 23.3 Å². The lowest BCUT2D eigenvalue weighted by Crippen LogP contribution is -2.24. The van der Waals surface area contributed by atoms with Crippen molar-refractivity contribution in [3.8, 4) is 11.5 Å². The van der Waals surface area contributed by atoms with Gasteiger partial charge >= 0.3 is 0 Å². The summed E-state index contributed by atoms with van der Waals surface area (Å²) in [5, 5.41) is 2.90. The van der Waals surface area contributed by atoms with Gasteiger partial charge in [0.25, 0.3) is 5.91 Å². The number of hydrogen-bond donors (Lipinski definition) is 1. The summed E-state index contributed by atoms with van der Waals surface area (Å²) in [5.41, 5.74) is 0.949. The molecule has 0 spiro atoms. The van der Waals surface area contributed by atoms with Gasteiger partial charge in [-0.25, -0.2) is 4.98 Å². The third-order valence-electron chi connectivity index (χ3n) is 2.76. The van der Waals surface area contributed by atoms with Crippen molar-refractivity contribution >= 4 is 17.5 Å². The van der Waals surface area contributed by atoms with Gasteiger partial charge in [-0.05, 0) is 18.2 Å². The Balaban J connectivity index is 2.10. The van der Waals surface area contributed by atoms with Crippen molar-refractivity contribution in [3.63, 3.8) is 0 Å². The summed E-state index contributed by atoms with van der Waals surface area (Å²) in [6.07, 6.45) is 2.72. The van der Waals surface area contributed by atoms with E-state index in [1.807, 2.05) is 0 Å². The van der Waals surface area contributed by atoms with Crippen molar-refractivity contribution in [1.82, 2.24) is 15.3 Å². The molecule has 0 radical (unpaired) electrons. The molecule has 0 bridgehead atoms. The number of aromatic nitrogens is 2. The van der Waals surface area contributed by atoms with Crippen LogP contribution in [0.2, 0.25) is 5.15 Å². The highest BCUT2D eigenvalue weighted by atomic mass is 35.5. The van der Waals surface area contributed by atoms with Crippen LogP contribution in [0.5, 0.6) is 11.5 Å². The summed E-state index contributed by atoms with van der Waals surface area (Å²) in [6, 6.07) is 5.36. The molecule has 0 saturated carbocycles. The van der Waals surface area contributed by atoms with E-state index in [1.54, 1.807) is 32.4 Å². The summed E-state index contributed by atoms with van der Waals surface area (Å²) >= 11 is 5.70. The molecule has 1 N–H and O–H groups in total. The maximum absolute atomic E-state index is 12.0. The van der Waals surface area contributed by atoms with Crippen molar-refractivity contribution in [2.45, 2.75) is 6.54 Å². The molecule has 7 heteroatoms. The topological polar surface area (TPSA) is 73.3 Å². The van der Waals surface area contributed by atoms with Crippen LogP contribution in [0.3, 0.4) is 0 Å². The molecule has 0 unspecified atom stereocenters. The Morgan fingerprint density at radius 1 is 1.29 bits per heavy atom. The Morgan fingerprint density at radius 2 is 2.10 bits per heavy atom. The number of benzene rings is 1. The molecule has 0 aliphatic rings. The molecular weight excluding hydrogens is 294 g/mol. The standard InChI is InChI=1S/C14H14ClN3O3/c1-20-10-3-4-12(21-2)9(5-10)6-17-14(19)11-7-16-8-13(15)18-11/h3-5,7-8H,6H2,1-2H3,(H,17,19). The third-order valence-corrected chi connectivity index (χ3v) is 2.95. The van der Waals surface area contributed by atoms with Gasteiger partial charge in [0, 0.05) is 12.1 Å². The van der Waals surface area contributed by atoms with Crippen LogP contribution in [0, 0.1) is 0 Å². The van der Waals surface area contributed by atoms with Gasteiger partial charge in [-0.15, -0.1) is 0 Å². The number of amides is 1. The molecule has 0 fully saturated rings. The highest BCUT2D eigenvalue weighted by Gasteiger charge is 2.10. The SMILES string of the molecule is COc1ccc(OC)c(CNC(=O)c2cncc(Cl)n2)c1. The van der Waals surface area contributed by atoms with Crippen LogP contribution in [0.15, 0.2) is 30.6 Å². The van der Waals surface area contributed by atoms with E-state index in [2.05, 4.69) is 15.3 Å². The first-order chi connectivity index (χ1) is 10.1. The molecule has 1 aromatic heterocycles. The second-order valence-corrected chi connectivity index (χ2v) is 4.47. The summed E-state index contributed by atoms with van der Waals surface area (Å²) in [4.78, 5) is 19.7. The minimum Gasteiger partial charge on any atom is -0.497 e. The molecule has 1 heterocycles. The first-order valence-electron chi connectivity index (χ1n) is 6.10. The molecule has 1 amide bonds. The van der Waals surface area contributed by atoms with Gasteiger partial charge < -0.3 is 14.8 Å². The van der Waals surface area contributed by atoms with E-state index in [1.165, 1.54) is 12.4 Å². The highest BCUT2D eigenvalue weighted by molar-refractivity contribution is 6.29. The average molecular weight is 308 g/mol. The van der Waals surface area contributed by atoms with Gasteiger partial charge in [0.2, 0.25) is 0 Å². The molecule has 0 atom stereocenters. The molecule has 0 aliphatic carbocycles. The van der Waals surface area contributed by atoms with E-state index in [9.17, 15) is 4.79 Å². The lowest BCUT2D eigenvalue weighted by Gasteiger charge is -2.11. The maximum Gasteiger partial charge on any atom is 0.271 e. The fourth-order valence-corrected chi connectivity index (χ4v) is 1.89. The quantitative estimate of drug-likeness (QED) is 0.915. The van der Waals surface area contributed by atoms with E-state index in [4.69, 9.17) is 21.1 Å². The van der Waals surface area contributed by atoms with Crippen molar-refractivity contribution < 1.29 is 14.3 Å². The zero-order valence-electron chi connectivity index (χ0n) is 11.6. The number of rotatable bonds is 5. The first kappa shape index (κ1) is 15.1. The lowest BCUT2D eigenvalue weighted by molar-refractivity contribution is 0.0945. The zero-order chi connectivity index (χ0) is 15.2. The molecule has 1 aromatic carbocycles. The summed E-state index contributed by atoms with van der Waals surface area (Å²) in [7, 11) is 3.14.